The lowest BCUT2D eigenvalue weighted by Crippen LogP contribution is -2.56. The monoisotopic (exact) mass is 612 g/mol. The summed E-state index contributed by atoms with van der Waals surface area (Å²) >= 11 is 0. The molecule has 7 nitrogen and oxygen atoms in total. The predicted molar refractivity (Wildman–Crippen MR) is 161 cm³/mol. The molecule has 1 aliphatic rings. The SMILES string of the molecule is CCOC(CN(C(=O)C(Cc1ccc(C(F)(F)F)cc1)N(CC1c2ccccc2-c2ccccc21)C(=O)O)C(C)C)OCC. The fourth-order valence-electron chi connectivity index (χ4n) is 5.81. The van der Waals surface area contributed by atoms with Crippen molar-refractivity contribution < 1.29 is 37.3 Å². The number of ether oxygens (including phenoxy) is 2. The van der Waals surface area contributed by atoms with Crippen LogP contribution >= 0.6 is 0 Å². The van der Waals surface area contributed by atoms with Gasteiger partial charge in [0.1, 0.15) is 6.04 Å². The van der Waals surface area contributed by atoms with Gasteiger partial charge in [-0.15, -0.1) is 0 Å². The van der Waals surface area contributed by atoms with Crippen LogP contribution in [0, 0.1) is 0 Å². The molecule has 236 valence electrons. The molecule has 10 heteroatoms. The van der Waals surface area contributed by atoms with Crippen LogP contribution < -0.4 is 0 Å². The molecule has 1 aliphatic carbocycles. The summed E-state index contributed by atoms with van der Waals surface area (Å²) < 4.78 is 51.3. The van der Waals surface area contributed by atoms with Gasteiger partial charge in [-0.3, -0.25) is 9.69 Å². The number of hydrogen-bond donors (Lipinski definition) is 1. The van der Waals surface area contributed by atoms with Crippen LogP contribution in [0.2, 0.25) is 0 Å². The van der Waals surface area contributed by atoms with Gasteiger partial charge in [-0.05, 0) is 67.6 Å². The van der Waals surface area contributed by atoms with Crippen LogP contribution in [0.4, 0.5) is 18.0 Å². The molecular weight excluding hydrogens is 573 g/mol. The highest BCUT2D eigenvalue weighted by Gasteiger charge is 2.39. The molecule has 0 aliphatic heterocycles. The van der Waals surface area contributed by atoms with Crippen molar-refractivity contribution in [1.82, 2.24) is 9.80 Å². The third kappa shape index (κ3) is 7.42. The number of nitrogens with zero attached hydrogens (tertiary/aromatic N) is 2. The second-order valence-electron chi connectivity index (χ2n) is 11.0. The van der Waals surface area contributed by atoms with E-state index in [4.69, 9.17) is 9.47 Å². The quantitative estimate of drug-likeness (QED) is 0.210. The molecule has 0 saturated heterocycles. The van der Waals surface area contributed by atoms with Gasteiger partial charge in [-0.25, -0.2) is 4.79 Å². The van der Waals surface area contributed by atoms with Crippen LogP contribution in [0.15, 0.2) is 72.8 Å². The van der Waals surface area contributed by atoms with Gasteiger partial charge in [-0.1, -0.05) is 60.7 Å². The van der Waals surface area contributed by atoms with Gasteiger partial charge in [0.2, 0.25) is 5.91 Å². The van der Waals surface area contributed by atoms with E-state index in [9.17, 15) is 27.9 Å². The number of alkyl halides is 3. The lowest BCUT2D eigenvalue weighted by atomic mass is 9.94. The van der Waals surface area contributed by atoms with Crippen molar-refractivity contribution in [1.29, 1.82) is 0 Å². The number of rotatable bonds is 13. The van der Waals surface area contributed by atoms with Crippen molar-refractivity contribution in [3.05, 3.63) is 95.1 Å². The van der Waals surface area contributed by atoms with Crippen molar-refractivity contribution in [2.45, 2.75) is 64.6 Å². The van der Waals surface area contributed by atoms with Crippen molar-refractivity contribution in [2.75, 3.05) is 26.3 Å². The van der Waals surface area contributed by atoms with Gasteiger partial charge in [0.25, 0.3) is 0 Å². The van der Waals surface area contributed by atoms with Crippen LogP contribution in [-0.4, -0.2) is 71.6 Å². The maximum absolute atomic E-state index is 14.4. The van der Waals surface area contributed by atoms with E-state index < -0.39 is 36.1 Å². The molecule has 1 N–H and O–H groups in total. The lowest BCUT2D eigenvalue weighted by molar-refractivity contribution is -0.164. The van der Waals surface area contributed by atoms with Gasteiger partial charge < -0.3 is 19.5 Å². The number of fused-ring (bicyclic) bond motifs is 3. The Kier molecular flexibility index (Phi) is 10.7. The summed E-state index contributed by atoms with van der Waals surface area (Å²) in [5.41, 5.74) is 3.50. The summed E-state index contributed by atoms with van der Waals surface area (Å²) in [5.74, 6) is -0.820. The van der Waals surface area contributed by atoms with Gasteiger partial charge in [0, 0.05) is 38.1 Å². The van der Waals surface area contributed by atoms with Crippen molar-refractivity contribution in [3.8, 4) is 11.1 Å². The minimum atomic E-state index is -4.52. The highest BCUT2D eigenvalue weighted by molar-refractivity contribution is 5.86. The standard InChI is InChI=1S/C34H39F3N2O5/c1-5-43-31(44-6-2)21-38(22(3)4)32(40)30(19-23-15-17-24(18-16-23)34(35,36)37)39(33(41)42)20-29-27-13-9-7-11-25(27)26-12-8-10-14-28(26)29/h7-18,22,29-31H,5-6,19-21H2,1-4H3,(H,41,42). The number of carbonyl (C=O) groups is 2. The van der Waals surface area contributed by atoms with Crippen molar-refractivity contribution in [3.63, 3.8) is 0 Å². The Balaban J connectivity index is 1.75. The minimum absolute atomic E-state index is 0.0211. The van der Waals surface area contributed by atoms with E-state index in [-0.39, 0.29) is 31.5 Å². The number of halogens is 3. The third-order valence-electron chi connectivity index (χ3n) is 7.92. The molecule has 2 amide bonds. The fraction of sp³-hybridized carbons (Fsp3) is 0.412. The molecular formula is C34H39F3N2O5. The highest BCUT2D eigenvalue weighted by Crippen LogP contribution is 2.45. The average Bonchev–Trinajstić information content (AvgIpc) is 3.30. The number of carboxylic acid groups (broad SMARTS) is 1. The van der Waals surface area contributed by atoms with Crippen molar-refractivity contribution in [2.24, 2.45) is 0 Å². The maximum atomic E-state index is 14.4. The van der Waals surface area contributed by atoms with Crippen LogP contribution in [0.1, 0.15) is 55.9 Å². The number of benzene rings is 3. The van der Waals surface area contributed by atoms with Gasteiger partial charge >= 0.3 is 12.3 Å². The first-order valence-electron chi connectivity index (χ1n) is 14.8. The van der Waals surface area contributed by atoms with Crippen LogP contribution in [-0.2, 0) is 26.9 Å². The Morgan fingerprint density at radius 2 is 1.36 bits per heavy atom. The molecule has 4 rings (SSSR count). The summed E-state index contributed by atoms with van der Waals surface area (Å²) in [7, 11) is 0. The van der Waals surface area contributed by atoms with E-state index in [0.717, 1.165) is 39.3 Å². The summed E-state index contributed by atoms with van der Waals surface area (Å²) in [5, 5.41) is 10.6. The molecule has 0 radical (unpaired) electrons. The molecule has 0 spiro atoms. The smallest absolute Gasteiger partial charge is 0.416 e. The molecule has 0 aromatic heterocycles. The van der Waals surface area contributed by atoms with E-state index in [0.29, 0.717) is 18.8 Å². The second kappa shape index (κ2) is 14.3. The molecule has 3 aromatic rings. The summed E-state index contributed by atoms with van der Waals surface area (Å²) in [4.78, 5) is 30.1. The Morgan fingerprint density at radius 1 is 0.841 bits per heavy atom. The molecule has 0 fully saturated rings. The molecule has 0 heterocycles. The summed E-state index contributed by atoms with van der Waals surface area (Å²) in [6, 6.07) is 18.5. The first-order valence-corrected chi connectivity index (χ1v) is 14.8. The van der Waals surface area contributed by atoms with E-state index in [1.807, 2.05) is 76.2 Å². The zero-order valence-corrected chi connectivity index (χ0v) is 25.4. The molecule has 1 atom stereocenters. The topological polar surface area (TPSA) is 79.3 Å². The summed E-state index contributed by atoms with van der Waals surface area (Å²) in [6.07, 6.45) is -6.66. The third-order valence-corrected chi connectivity index (χ3v) is 7.92. The largest absolute Gasteiger partial charge is 0.465 e. The maximum Gasteiger partial charge on any atom is 0.416 e. The minimum Gasteiger partial charge on any atom is -0.465 e. The van der Waals surface area contributed by atoms with Crippen molar-refractivity contribution >= 4 is 12.0 Å². The molecule has 0 saturated carbocycles. The van der Waals surface area contributed by atoms with Crippen LogP contribution in [0.5, 0.6) is 0 Å². The van der Waals surface area contributed by atoms with Crippen LogP contribution in [0.25, 0.3) is 11.1 Å². The Morgan fingerprint density at radius 3 is 1.82 bits per heavy atom. The molecule has 44 heavy (non-hydrogen) atoms. The number of amides is 2. The Labute approximate surface area is 256 Å². The zero-order chi connectivity index (χ0) is 32.0. The van der Waals surface area contributed by atoms with Gasteiger partial charge in [-0.2, -0.15) is 13.2 Å². The van der Waals surface area contributed by atoms with Gasteiger partial charge in [0.05, 0.1) is 12.1 Å². The normalized spacial score (nSPS) is 13.6. The number of carbonyl (C=O) groups excluding carboxylic acids is 1. The lowest BCUT2D eigenvalue weighted by Gasteiger charge is -2.37. The Hall–Kier alpha value is -3.89. The summed E-state index contributed by atoms with van der Waals surface area (Å²) in [6.45, 7) is 7.99. The van der Waals surface area contributed by atoms with E-state index in [1.54, 1.807) is 0 Å². The highest BCUT2D eigenvalue weighted by atomic mass is 19.4. The predicted octanol–water partition coefficient (Wildman–Crippen LogP) is 7.05. The fourth-order valence-corrected chi connectivity index (χ4v) is 5.81. The molecule has 3 aromatic carbocycles. The number of hydrogen-bond acceptors (Lipinski definition) is 4. The Bertz CT molecular complexity index is 1380. The van der Waals surface area contributed by atoms with E-state index in [1.165, 1.54) is 17.0 Å². The average molecular weight is 613 g/mol. The zero-order valence-electron chi connectivity index (χ0n) is 25.4. The molecule has 0 bridgehead atoms. The van der Waals surface area contributed by atoms with Crippen LogP contribution in [0.3, 0.4) is 0 Å². The van der Waals surface area contributed by atoms with E-state index in [2.05, 4.69) is 0 Å². The van der Waals surface area contributed by atoms with Gasteiger partial charge in [0.15, 0.2) is 6.29 Å². The molecule has 1 unspecified atom stereocenters. The van der Waals surface area contributed by atoms with E-state index >= 15 is 0 Å². The second-order valence-corrected chi connectivity index (χ2v) is 11.0. The first-order chi connectivity index (χ1) is 21.0. The first kappa shape index (κ1) is 33.0.